The smallest absolute Gasteiger partial charge is 0.305 e. The Morgan fingerprint density at radius 3 is 2.38 bits per heavy atom. The number of amides is 1. The Labute approximate surface area is 163 Å². The van der Waals surface area contributed by atoms with Crippen molar-refractivity contribution < 1.29 is 19.1 Å². The van der Waals surface area contributed by atoms with E-state index in [1.807, 2.05) is 0 Å². The number of rotatable bonds is 16. The molecule has 0 heterocycles. The lowest BCUT2D eigenvalue weighted by Crippen LogP contribution is -2.22. The van der Waals surface area contributed by atoms with Crippen LogP contribution in [0.25, 0.3) is 0 Å². The summed E-state index contributed by atoms with van der Waals surface area (Å²) in [5.74, 6) is -0.542. The minimum Gasteiger partial charge on any atom is -0.469 e. The molecule has 0 fully saturated rings. The van der Waals surface area contributed by atoms with Crippen LogP contribution in [0.2, 0.25) is 0 Å². The van der Waals surface area contributed by atoms with Gasteiger partial charge in [-0.2, -0.15) is 12.6 Å². The number of thiol groups is 1. The van der Waals surface area contributed by atoms with Crippen LogP contribution >= 0.6 is 12.6 Å². The third kappa shape index (κ3) is 16.2. The highest BCUT2D eigenvalue weighted by Crippen LogP contribution is 2.13. The molecule has 0 aromatic rings. The van der Waals surface area contributed by atoms with Gasteiger partial charge in [0.1, 0.15) is 0 Å². The number of unbranched alkanes of at least 4 members (excludes halogenated alkanes) is 6. The standard InChI is InChI=1S/C20H35NO4S/c1-3-4-5-6-7-10-15-21-19(23)14-13-17(22)16-18(26)11-8-9-12-20(24)25-2/h13-14,18,26H,3-12,15-16H2,1-2H3,(H,21,23). The zero-order valence-corrected chi connectivity index (χ0v) is 17.2. The van der Waals surface area contributed by atoms with Gasteiger partial charge in [-0.1, -0.05) is 45.4 Å². The molecule has 0 bridgehead atoms. The molecule has 150 valence electrons. The summed E-state index contributed by atoms with van der Waals surface area (Å²) in [6, 6.07) is 0. The molecule has 0 aromatic carbocycles. The normalized spacial score (nSPS) is 12.1. The molecule has 0 rings (SSSR count). The monoisotopic (exact) mass is 385 g/mol. The molecule has 0 aliphatic heterocycles. The lowest BCUT2D eigenvalue weighted by atomic mass is 10.1. The second-order valence-corrected chi connectivity index (χ2v) is 7.27. The molecule has 1 unspecified atom stereocenters. The maximum atomic E-state index is 11.8. The van der Waals surface area contributed by atoms with Crippen molar-refractivity contribution in [2.24, 2.45) is 0 Å². The number of methoxy groups -OCH3 is 1. The average Bonchev–Trinajstić information content (AvgIpc) is 2.62. The van der Waals surface area contributed by atoms with Crippen molar-refractivity contribution in [3.8, 4) is 0 Å². The van der Waals surface area contributed by atoms with Crippen LogP contribution in [0.1, 0.15) is 77.6 Å². The summed E-state index contributed by atoms with van der Waals surface area (Å²) >= 11 is 4.39. The number of allylic oxidation sites excluding steroid dienone is 1. The Balaban J connectivity index is 3.72. The van der Waals surface area contributed by atoms with Crippen LogP contribution < -0.4 is 5.32 Å². The number of nitrogens with one attached hydrogen (secondary N) is 1. The van der Waals surface area contributed by atoms with Crippen LogP contribution in [0.15, 0.2) is 12.2 Å². The van der Waals surface area contributed by atoms with Gasteiger partial charge in [-0.05, 0) is 25.3 Å². The van der Waals surface area contributed by atoms with Crippen LogP contribution in [0.3, 0.4) is 0 Å². The fourth-order valence-corrected chi connectivity index (χ4v) is 2.86. The van der Waals surface area contributed by atoms with E-state index in [0.29, 0.717) is 19.4 Å². The Hall–Kier alpha value is -1.30. The third-order valence-electron chi connectivity index (χ3n) is 4.08. The number of ether oxygens (including phenoxy) is 1. The molecule has 0 aliphatic rings. The number of carbonyl (C=O) groups is 3. The Morgan fingerprint density at radius 2 is 1.69 bits per heavy atom. The van der Waals surface area contributed by atoms with Crippen molar-refractivity contribution in [3.63, 3.8) is 0 Å². The molecule has 0 radical (unpaired) electrons. The number of carbonyl (C=O) groups excluding carboxylic acids is 3. The molecule has 0 spiro atoms. The molecule has 1 N–H and O–H groups in total. The highest BCUT2D eigenvalue weighted by Gasteiger charge is 2.09. The lowest BCUT2D eigenvalue weighted by molar-refractivity contribution is -0.140. The first-order chi connectivity index (χ1) is 12.5. The van der Waals surface area contributed by atoms with Crippen molar-refractivity contribution in [1.82, 2.24) is 5.32 Å². The maximum Gasteiger partial charge on any atom is 0.305 e. The summed E-state index contributed by atoms with van der Waals surface area (Å²) in [5.41, 5.74) is 0. The van der Waals surface area contributed by atoms with Gasteiger partial charge >= 0.3 is 5.97 Å². The van der Waals surface area contributed by atoms with Crippen LogP contribution in [0.5, 0.6) is 0 Å². The summed E-state index contributed by atoms with van der Waals surface area (Å²) in [5, 5.41) is 2.74. The predicted molar refractivity (Wildman–Crippen MR) is 108 cm³/mol. The van der Waals surface area contributed by atoms with Gasteiger partial charge < -0.3 is 10.1 Å². The molecule has 5 nitrogen and oxygen atoms in total. The Morgan fingerprint density at radius 1 is 1.00 bits per heavy atom. The highest BCUT2D eigenvalue weighted by atomic mass is 32.1. The number of esters is 1. The van der Waals surface area contributed by atoms with Crippen molar-refractivity contribution in [2.45, 2.75) is 82.8 Å². The molecule has 0 aliphatic carbocycles. The van der Waals surface area contributed by atoms with Crippen LogP contribution in [0, 0.1) is 0 Å². The first kappa shape index (κ1) is 24.7. The van der Waals surface area contributed by atoms with Crippen molar-refractivity contribution >= 4 is 30.3 Å². The Kier molecular flexibility index (Phi) is 16.3. The molecule has 0 aromatic heterocycles. The van der Waals surface area contributed by atoms with Crippen LogP contribution in [0.4, 0.5) is 0 Å². The minimum absolute atomic E-state index is 0.0593. The summed E-state index contributed by atoms with van der Waals surface area (Å²) in [4.78, 5) is 34.5. The molecule has 0 saturated heterocycles. The van der Waals surface area contributed by atoms with Gasteiger partial charge in [0.15, 0.2) is 5.78 Å². The summed E-state index contributed by atoms with van der Waals surface area (Å²) < 4.78 is 4.57. The van der Waals surface area contributed by atoms with E-state index in [4.69, 9.17) is 0 Å². The van der Waals surface area contributed by atoms with Gasteiger partial charge in [0.05, 0.1) is 7.11 Å². The molecular weight excluding hydrogens is 350 g/mol. The van der Waals surface area contributed by atoms with Gasteiger partial charge in [-0.3, -0.25) is 14.4 Å². The van der Waals surface area contributed by atoms with E-state index in [2.05, 4.69) is 29.6 Å². The molecule has 26 heavy (non-hydrogen) atoms. The number of hydrogen-bond donors (Lipinski definition) is 2. The van der Waals surface area contributed by atoms with Crippen LogP contribution in [-0.4, -0.2) is 36.6 Å². The van der Waals surface area contributed by atoms with E-state index < -0.39 is 0 Å². The quantitative estimate of drug-likeness (QED) is 0.182. The second-order valence-electron chi connectivity index (χ2n) is 6.54. The third-order valence-corrected chi connectivity index (χ3v) is 4.52. The maximum absolute atomic E-state index is 11.8. The largest absolute Gasteiger partial charge is 0.469 e. The van der Waals surface area contributed by atoms with E-state index in [9.17, 15) is 14.4 Å². The fraction of sp³-hybridized carbons (Fsp3) is 0.750. The zero-order valence-electron chi connectivity index (χ0n) is 16.3. The minimum atomic E-state index is -0.222. The molecule has 6 heteroatoms. The average molecular weight is 386 g/mol. The van der Waals surface area contributed by atoms with E-state index in [1.54, 1.807) is 0 Å². The van der Waals surface area contributed by atoms with Gasteiger partial charge in [-0.25, -0.2) is 0 Å². The van der Waals surface area contributed by atoms with Gasteiger partial charge in [0.2, 0.25) is 5.91 Å². The second kappa shape index (κ2) is 17.1. The molecule has 1 atom stereocenters. The number of hydrogen-bond acceptors (Lipinski definition) is 5. The summed E-state index contributed by atoms with van der Waals surface area (Å²) in [6.07, 6.45) is 12.7. The van der Waals surface area contributed by atoms with Crippen molar-refractivity contribution in [2.75, 3.05) is 13.7 Å². The fourth-order valence-electron chi connectivity index (χ4n) is 2.50. The molecular formula is C20H35NO4S. The van der Waals surface area contributed by atoms with Gasteiger partial charge in [0.25, 0.3) is 0 Å². The Bertz CT molecular complexity index is 438. The first-order valence-electron chi connectivity index (χ1n) is 9.73. The highest BCUT2D eigenvalue weighted by molar-refractivity contribution is 7.81. The zero-order chi connectivity index (χ0) is 19.6. The van der Waals surface area contributed by atoms with Crippen LogP contribution in [-0.2, 0) is 19.1 Å². The van der Waals surface area contributed by atoms with E-state index in [0.717, 1.165) is 32.1 Å². The van der Waals surface area contributed by atoms with Gasteiger partial charge in [-0.15, -0.1) is 0 Å². The summed E-state index contributed by atoms with van der Waals surface area (Å²) in [6.45, 7) is 2.84. The predicted octanol–water partition coefficient (Wildman–Crippen LogP) is 4.01. The van der Waals surface area contributed by atoms with E-state index in [-0.39, 0.29) is 22.9 Å². The lowest BCUT2D eigenvalue weighted by Gasteiger charge is -2.08. The summed E-state index contributed by atoms with van der Waals surface area (Å²) in [7, 11) is 1.37. The van der Waals surface area contributed by atoms with Crippen molar-refractivity contribution in [1.29, 1.82) is 0 Å². The van der Waals surface area contributed by atoms with Gasteiger partial charge in [0, 0.05) is 30.7 Å². The molecule has 1 amide bonds. The SMILES string of the molecule is CCCCCCCCNC(=O)C=CC(=O)CC(S)CCCCC(=O)OC. The number of ketones is 1. The van der Waals surface area contributed by atoms with E-state index >= 15 is 0 Å². The van der Waals surface area contributed by atoms with E-state index in [1.165, 1.54) is 44.9 Å². The van der Waals surface area contributed by atoms with Crippen molar-refractivity contribution in [3.05, 3.63) is 12.2 Å². The molecule has 0 saturated carbocycles. The topological polar surface area (TPSA) is 72.5 Å². The first-order valence-corrected chi connectivity index (χ1v) is 10.2.